The van der Waals surface area contributed by atoms with Gasteiger partial charge >= 0.3 is 0 Å². The van der Waals surface area contributed by atoms with Crippen molar-refractivity contribution in [2.45, 2.75) is 26.6 Å². The normalized spacial score (nSPS) is 10.9. The van der Waals surface area contributed by atoms with E-state index in [1.54, 1.807) is 11.3 Å². The van der Waals surface area contributed by atoms with Gasteiger partial charge in [-0.2, -0.15) is 0 Å². The molecule has 3 N–H and O–H groups in total. The van der Waals surface area contributed by atoms with Crippen molar-refractivity contribution in [1.29, 1.82) is 0 Å². The third kappa shape index (κ3) is 3.62. The fourth-order valence-corrected chi connectivity index (χ4v) is 2.33. The van der Waals surface area contributed by atoms with Crippen LogP contribution in [0.3, 0.4) is 0 Å². The van der Waals surface area contributed by atoms with Crippen molar-refractivity contribution >= 4 is 11.3 Å². The van der Waals surface area contributed by atoms with Gasteiger partial charge in [-0.3, -0.25) is 0 Å². The lowest BCUT2D eigenvalue weighted by Crippen LogP contribution is -2.12. The molecule has 6 heteroatoms. The highest BCUT2D eigenvalue weighted by Gasteiger charge is 2.00. The Balaban J connectivity index is 1.77. The van der Waals surface area contributed by atoms with E-state index in [-0.39, 0.29) is 0 Å². The number of imidazole rings is 1. The van der Waals surface area contributed by atoms with E-state index in [4.69, 9.17) is 5.73 Å². The van der Waals surface area contributed by atoms with Gasteiger partial charge in [-0.1, -0.05) is 0 Å². The van der Waals surface area contributed by atoms with E-state index in [1.807, 2.05) is 30.2 Å². The second kappa shape index (κ2) is 5.90. The number of aromatic nitrogens is 3. The van der Waals surface area contributed by atoms with Crippen molar-refractivity contribution < 1.29 is 0 Å². The summed E-state index contributed by atoms with van der Waals surface area (Å²) in [7, 11) is 0. The molecule has 0 fully saturated rings. The molecule has 17 heavy (non-hydrogen) atoms. The molecule has 2 aromatic heterocycles. The van der Waals surface area contributed by atoms with Crippen molar-refractivity contribution in [3.05, 3.63) is 34.3 Å². The van der Waals surface area contributed by atoms with E-state index < -0.39 is 0 Å². The van der Waals surface area contributed by atoms with Crippen LogP contribution in [0.1, 0.15) is 15.6 Å². The van der Waals surface area contributed by atoms with Gasteiger partial charge in [0, 0.05) is 43.4 Å². The molecule has 0 aliphatic heterocycles. The first-order chi connectivity index (χ1) is 8.28. The van der Waals surface area contributed by atoms with E-state index in [2.05, 4.69) is 15.3 Å². The molecule has 2 heterocycles. The lowest BCUT2D eigenvalue weighted by molar-refractivity contribution is 0.682. The van der Waals surface area contributed by atoms with E-state index >= 15 is 0 Å². The van der Waals surface area contributed by atoms with Crippen molar-refractivity contribution in [2.24, 2.45) is 5.73 Å². The first-order valence-corrected chi connectivity index (χ1v) is 6.42. The van der Waals surface area contributed by atoms with Gasteiger partial charge < -0.3 is 15.6 Å². The average Bonchev–Trinajstić information content (AvgIpc) is 2.89. The van der Waals surface area contributed by atoms with E-state index in [1.165, 1.54) is 4.88 Å². The Morgan fingerprint density at radius 3 is 3.00 bits per heavy atom. The van der Waals surface area contributed by atoms with Crippen LogP contribution in [0.2, 0.25) is 0 Å². The molecule has 0 aromatic carbocycles. The van der Waals surface area contributed by atoms with Crippen LogP contribution in [0.15, 0.2) is 18.7 Å². The zero-order valence-electron chi connectivity index (χ0n) is 9.89. The Kier molecular flexibility index (Phi) is 4.24. The summed E-state index contributed by atoms with van der Waals surface area (Å²) < 4.78 is 2.01. The Bertz CT molecular complexity index is 462. The quantitative estimate of drug-likeness (QED) is 0.800. The number of nitrogens with one attached hydrogen (secondary N) is 1. The van der Waals surface area contributed by atoms with Gasteiger partial charge in [-0.05, 0) is 6.92 Å². The number of aryl methyl sites for hydroxylation is 1. The number of hydrogen-bond donors (Lipinski definition) is 2. The van der Waals surface area contributed by atoms with Gasteiger partial charge in [0.2, 0.25) is 0 Å². The Morgan fingerprint density at radius 1 is 1.41 bits per heavy atom. The summed E-state index contributed by atoms with van der Waals surface area (Å²) in [5, 5.41) is 4.46. The minimum Gasteiger partial charge on any atom is -0.336 e. The van der Waals surface area contributed by atoms with Crippen LogP contribution in [0.4, 0.5) is 0 Å². The monoisotopic (exact) mass is 251 g/mol. The van der Waals surface area contributed by atoms with Crippen LogP contribution in [0, 0.1) is 6.92 Å². The molecule has 92 valence electrons. The van der Waals surface area contributed by atoms with Crippen LogP contribution in [0.5, 0.6) is 0 Å². The number of nitrogens with zero attached hydrogens (tertiary/aromatic N) is 3. The van der Waals surface area contributed by atoms with Gasteiger partial charge in [0.05, 0.1) is 17.0 Å². The third-order valence-corrected chi connectivity index (χ3v) is 3.26. The highest BCUT2D eigenvalue weighted by Crippen LogP contribution is 2.10. The molecular weight excluding hydrogens is 234 g/mol. The minimum absolute atomic E-state index is 0.642. The average molecular weight is 251 g/mol. The van der Waals surface area contributed by atoms with Gasteiger partial charge in [-0.25, -0.2) is 9.97 Å². The molecule has 2 rings (SSSR count). The minimum atomic E-state index is 0.642. The second-order valence-corrected chi connectivity index (χ2v) is 5.16. The molecule has 5 nitrogen and oxygen atoms in total. The largest absolute Gasteiger partial charge is 0.336 e. The van der Waals surface area contributed by atoms with Crippen molar-refractivity contribution in [3.63, 3.8) is 0 Å². The fourth-order valence-electron chi connectivity index (χ4n) is 1.57. The third-order valence-electron chi connectivity index (χ3n) is 2.35. The van der Waals surface area contributed by atoms with Gasteiger partial charge in [0.25, 0.3) is 0 Å². The van der Waals surface area contributed by atoms with Crippen molar-refractivity contribution in [1.82, 2.24) is 19.9 Å². The first kappa shape index (κ1) is 12.2. The summed E-state index contributed by atoms with van der Waals surface area (Å²) in [6.07, 6.45) is 5.76. The predicted molar refractivity (Wildman–Crippen MR) is 68.7 cm³/mol. The SMILES string of the molecule is Cc1ncc(CNCc2cn(CCN)cn2)s1. The van der Waals surface area contributed by atoms with Crippen LogP contribution >= 0.6 is 11.3 Å². The summed E-state index contributed by atoms with van der Waals surface area (Å²) in [5.41, 5.74) is 6.52. The molecule has 0 saturated heterocycles. The van der Waals surface area contributed by atoms with Gasteiger partial charge in [-0.15, -0.1) is 11.3 Å². The topological polar surface area (TPSA) is 68.8 Å². The number of hydrogen-bond acceptors (Lipinski definition) is 5. The summed E-state index contributed by atoms with van der Waals surface area (Å²) in [5.74, 6) is 0. The van der Waals surface area contributed by atoms with E-state index in [0.717, 1.165) is 30.3 Å². The van der Waals surface area contributed by atoms with Crippen molar-refractivity contribution in [3.8, 4) is 0 Å². The van der Waals surface area contributed by atoms with E-state index in [0.29, 0.717) is 6.54 Å². The maximum atomic E-state index is 5.48. The summed E-state index contributed by atoms with van der Waals surface area (Å²) >= 11 is 1.72. The molecule has 2 aromatic rings. The molecule has 0 radical (unpaired) electrons. The van der Waals surface area contributed by atoms with Gasteiger partial charge in [0.1, 0.15) is 0 Å². The lowest BCUT2D eigenvalue weighted by atomic mass is 10.4. The Morgan fingerprint density at radius 2 is 2.29 bits per heavy atom. The highest BCUT2D eigenvalue weighted by molar-refractivity contribution is 7.11. The smallest absolute Gasteiger partial charge is 0.0950 e. The molecule has 0 amide bonds. The second-order valence-electron chi connectivity index (χ2n) is 3.84. The zero-order valence-corrected chi connectivity index (χ0v) is 10.7. The highest BCUT2D eigenvalue weighted by atomic mass is 32.1. The fraction of sp³-hybridized carbons (Fsp3) is 0.455. The van der Waals surface area contributed by atoms with Crippen molar-refractivity contribution in [2.75, 3.05) is 6.54 Å². The molecular formula is C11H17N5S. The summed E-state index contributed by atoms with van der Waals surface area (Å²) in [6, 6.07) is 0. The molecule has 0 bridgehead atoms. The van der Waals surface area contributed by atoms with Crippen LogP contribution in [0.25, 0.3) is 0 Å². The predicted octanol–water partition coefficient (Wildman–Crippen LogP) is 0.897. The number of nitrogens with two attached hydrogens (primary N) is 1. The zero-order chi connectivity index (χ0) is 12.1. The number of rotatable bonds is 6. The maximum Gasteiger partial charge on any atom is 0.0950 e. The molecule has 0 atom stereocenters. The van der Waals surface area contributed by atoms with E-state index in [9.17, 15) is 0 Å². The maximum absolute atomic E-state index is 5.48. The molecule has 0 saturated carbocycles. The van der Waals surface area contributed by atoms with Crippen LogP contribution in [-0.2, 0) is 19.6 Å². The van der Waals surface area contributed by atoms with Crippen LogP contribution < -0.4 is 11.1 Å². The Labute approximate surface area is 105 Å². The molecule has 0 spiro atoms. The number of thiazole rings is 1. The summed E-state index contributed by atoms with van der Waals surface area (Å²) in [6.45, 7) is 5.09. The van der Waals surface area contributed by atoms with Crippen LogP contribution in [-0.4, -0.2) is 21.1 Å². The molecule has 0 aliphatic rings. The van der Waals surface area contributed by atoms with Gasteiger partial charge in [0.15, 0.2) is 0 Å². The Hall–Kier alpha value is -1.24. The standard InChI is InChI=1S/C11H17N5S/c1-9-14-6-11(17-9)5-13-4-10-7-16(3-2-12)8-15-10/h6-8,13H,2-5,12H2,1H3. The summed E-state index contributed by atoms with van der Waals surface area (Å²) in [4.78, 5) is 9.77. The first-order valence-electron chi connectivity index (χ1n) is 5.60. The molecule has 0 aliphatic carbocycles. The molecule has 0 unspecified atom stereocenters. The lowest BCUT2D eigenvalue weighted by Gasteiger charge is -1.99.